The first-order chi connectivity index (χ1) is 16.7. The van der Waals surface area contributed by atoms with Gasteiger partial charge in [0.2, 0.25) is 5.82 Å². The van der Waals surface area contributed by atoms with Crippen LogP contribution in [0.1, 0.15) is 49.7 Å². The molecule has 2 unspecified atom stereocenters. The van der Waals surface area contributed by atoms with Crippen molar-refractivity contribution in [3.8, 4) is 0 Å². The number of halogens is 4. The van der Waals surface area contributed by atoms with Gasteiger partial charge >= 0.3 is 6.18 Å². The third-order valence-corrected chi connectivity index (χ3v) is 8.47. The molecule has 1 aromatic carbocycles. The Balaban J connectivity index is 1.26. The minimum atomic E-state index is -4.39. The van der Waals surface area contributed by atoms with Crippen LogP contribution in [0.2, 0.25) is 0 Å². The van der Waals surface area contributed by atoms with E-state index in [9.17, 15) is 17.7 Å². The maximum atomic E-state index is 15.5. The Bertz CT molecular complexity index is 1020. The number of aromatic nitrogens is 2. The number of piperidine rings is 1. The Kier molecular flexibility index (Phi) is 6.84. The predicted octanol–water partition coefficient (Wildman–Crippen LogP) is 4.75. The van der Waals surface area contributed by atoms with Gasteiger partial charge in [-0.25, -0.2) is 9.97 Å². The molecule has 1 aromatic heterocycles. The van der Waals surface area contributed by atoms with E-state index in [-0.39, 0.29) is 24.2 Å². The normalized spacial score (nSPS) is 25.5. The Labute approximate surface area is 205 Å². The number of alkyl halides is 3. The number of hydrogen-bond acceptors (Lipinski definition) is 6. The first-order valence-electron chi connectivity index (χ1n) is 12.0. The van der Waals surface area contributed by atoms with Gasteiger partial charge in [-0.05, 0) is 62.1 Å². The molecule has 0 radical (unpaired) electrons. The van der Waals surface area contributed by atoms with Crippen molar-refractivity contribution >= 4 is 23.0 Å². The van der Waals surface area contributed by atoms with Gasteiger partial charge in [-0.1, -0.05) is 12.1 Å². The molecule has 0 spiro atoms. The number of nitrogens with one attached hydrogen (secondary N) is 1. The van der Waals surface area contributed by atoms with E-state index in [2.05, 4.69) is 19.6 Å². The molecule has 5 rings (SSSR count). The second kappa shape index (κ2) is 9.74. The van der Waals surface area contributed by atoms with Crippen LogP contribution in [-0.4, -0.2) is 49.8 Å². The summed E-state index contributed by atoms with van der Waals surface area (Å²) < 4.78 is 68.3. The largest absolute Gasteiger partial charge is 0.598 e. The number of fused-ring (bicyclic) bond motifs is 2. The summed E-state index contributed by atoms with van der Waals surface area (Å²) in [5.41, 5.74) is -0.0451. The fourth-order valence-corrected chi connectivity index (χ4v) is 6.74. The highest BCUT2D eigenvalue weighted by Crippen LogP contribution is 2.40. The standard InChI is InChI=1S/C24H29F4N5OS/c1-35(34)33-19-8-9-20(33)11-16(10-19)12-29-22-21(25)23(31-14-30-22)32(18-6-7-18)13-15-2-4-17(5-3-15)24(26,27)28/h2-5,14,16,18-20H,6-13H2,1H3,(H,29,30,31)/t16?,19-,20+,35?. The number of nitrogens with zero attached hydrogens (tertiary/aromatic N) is 4. The van der Waals surface area contributed by atoms with Gasteiger partial charge in [-0.3, -0.25) is 0 Å². The zero-order valence-corrected chi connectivity index (χ0v) is 20.3. The Morgan fingerprint density at radius 3 is 2.31 bits per heavy atom. The average molecular weight is 512 g/mol. The number of hydrogen-bond donors (Lipinski definition) is 1. The van der Waals surface area contributed by atoms with Crippen molar-refractivity contribution in [1.82, 2.24) is 14.3 Å². The van der Waals surface area contributed by atoms with Gasteiger partial charge in [-0.15, -0.1) is 4.31 Å². The molecule has 190 valence electrons. The fraction of sp³-hybridized carbons (Fsp3) is 0.583. The second-order valence-electron chi connectivity index (χ2n) is 9.80. The fourth-order valence-electron chi connectivity index (χ4n) is 5.52. The van der Waals surface area contributed by atoms with E-state index < -0.39 is 28.9 Å². The molecule has 0 amide bonds. The quantitative estimate of drug-likeness (QED) is 0.408. The minimum absolute atomic E-state index is 0.101. The molecule has 1 aliphatic carbocycles. The summed E-state index contributed by atoms with van der Waals surface area (Å²) in [6.07, 6.45) is 4.38. The monoisotopic (exact) mass is 511 g/mol. The average Bonchev–Trinajstić information content (AvgIpc) is 3.61. The lowest BCUT2D eigenvalue weighted by Gasteiger charge is -2.37. The first-order valence-corrected chi connectivity index (χ1v) is 13.5. The van der Waals surface area contributed by atoms with E-state index in [0.29, 0.717) is 30.1 Å². The van der Waals surface area contributed by atoms with Crippen LogP contribution in [0.15, 0.2) is 30.6 Å². The summed E-state index contributed by atoms with van der Waals surface area (Å²) in [6.45, 7) is 0.846. The second-order valence-corrected chi connectivity index (χ2v) is 11.1. The van der Waals surface area contributed by atoms with Crippen molar-refractivity contribution in [3.05, 3.63) is 47.5 Å². The van der Waals surface area contributed by atoms with E-state index >= 15 is 4.39 Å². The van der Waals surface area contributed by atoms with Crippen LogP contribution in [0.3, 0.4) is 0 Å². The van der Waals surface area contributed by atoms with Gasteiger partial charge in [0.15, 0.2) is 11.6 Å². The van der Waals surface area contributed by atoms with E-state index in [1.807, 2.05) is 4.90 Å². The summed E-state index contributed by atoms with van der Waals surface area (Å²) in [5, 5.41) is 3.17. The van der Waals surface area contributed by atoms with Gasteiger partial charge in [0.1, 0.15) is 12.6 Å². The smallest absolute Gasteiger partial charge is 0.416 e. The topological polar surface area (TPSA) is 67.3 Å². The Hall–Kier alpha value is -2.11. The third kappa shape index (κ3) is 5.36. The summed E-state index contributed by atoms with van der Waals surface area (Å²) in [4.78, 5) is 10.1. The van der Waals surface area contributed by atoms with E-state index in [0.717, 1.165) is 50.7 Å². The summed E-state index contributed by atoms with van der Waals surface area (Å²) in [5.74, 6) is 0.112. The van der Waals surface area contributed by atoms with Crippen molar-refractivity contribution in [2.75, 3.05) is 23.0 Å². The van der Waals surface area contributed by atoms with E-state index in [1.165, 1.54) is 18.5 Å². The Morgan fingerprint density at radius 1 is 1.09 bits per heavy atom. The minimum Gasteiger partial charge on any atom is -0.598 e. The summed E-state index contributed by atoms with van der Waals surface area (Å²) >= 11 is -0.967. The predicted molar refractivity (Wildman–Crippen MR) is 127 cm³/mol. The van der Waals surface area contributed by atoms with Crippen molar-refractivity contribution in [2.24, 2.45) is 5.92 Å². The molecule has 3 fully saturated rings. The molecule has 35 heavy (non-hydrogen) atoms. The molecule has 3 heterocycles. The lowest BCUT2D eigenvalue weighted by atomic mass is 9.92. The summed E-state index contributed by atoms with van der Waals surface area (Å²) in [6, 6.07) is 5.69. The first kappa shape index (κ1) is 24.6. The van der Waals surface area contributed by atoms with Gasteiger partial charge in [-0.2, -0.15) is 17.6 Å². The molecule has 11 heteroatoms. The maximum Gasteiger partial charge on any atom is 0.416 e. The molecule has 3 aliphatic rings. The van der Waals surface area contributed by atoms with E-state index in [4.69, 9.17) is 0 Å². The van der Waals surface area contributed by atoms with Gasteiger partial charge in [0.05, 0.1) is 17.6 Å². The lowest BCUT2D eigenvalue weighted by Crippen LogP contribution is -2.47. The number of benzene rings is 1. The number of rotatable bonds is 8. The molecule has 2 aromatic rings. The molecule has 2 bridgehead atoms. The highest BCUT2D eigenvalue weighted by Gasteiger charge is 2.45. The van der Waals surface area contributed by atoms with Gasteiger partial charge in [0, 0.05) is 30.5 Å². The molecule has 1 saturated carbocycles. The van der Waals surface area contributed by atoms with Crippen molar-refractivity contribution in [3.63, 3.8) is 0 Å². The highest BCUT2D eigenvalue weighted by molar-refractivity contribution is 7.88. The molecule has 6 nitrogen and oxygen atoms in total. The van der Waals surface area contributed by atoms with Crippen LogP contribution in [0.5, 0.6) is 0 Å². The van der Waals surface area contributed by atoms with Crippen LogP contribution < -0.4 is 10.2 Å². The lowest BCUT2D eigenvalue weighted by molar-refractivity contribution is -0.137. The Morgan fingerprint density at radius 2 is 1.74 bits per heavy atom. The highest BCUT2D eigenvalue weighted by atomic mass is 32.2. The molecule has 2 saturated heterocycles. The molecule has 1 N–H and O–H groups in total. The molecule has 4 atom stereocenters. The van der Waals surface area contributed by atoms with Crippen LogP contribution in [0.4, 0.5) is 29.2 Å². The van der Waals surface area contributed by atoms with Gasteiger partial charge in [0.25, 0.3) is 0 Å². The molecule has 2 aliphatic heterocycles. The molecular formula is C24H29F4N5OS. The third-order valence-electron chi connectivity index (χ3n) is 7.28. The van der Waals surface area contributed by atoms with Gasteiger partial charge < -0.3 is 14.8 Å². The van der Waals surface area contributed by atoms with Crippen LogP contribution in [0, 0.1) is 11.7 Å². The summed E-state index contributed by atoms with van der Waals surface area (Å²) in [7, 11) is 0. The van der Waals surface area contributed by atoms with Crippen molar-refractivity contribution in [1.29, 1.82) is 0 Å². The van der Waals surface area contributed by atoms with E-state index in [1.54, 1.807) is 6.26 Å². The maximum absolute atomic E-state index is 15.5. The van der Waals surface area contributed by atoms with Crippen LogP contribution >= 0.6 is 0 Å². The molecular weight excluding hydrogens is 482 g/mol. The van der Waals surface area contributed by atoms with Crippen molar-refractivity contribution < 1.29 is 22.1 Å². The van der Waals surface area contributed by atoms with Crippen molar-refractivity contribution in [2.45, 2.75) is 69.4 Å². The van der Waals surface area contributed by atoms with Crippen LogP contribution in [-0.2, 0) is 24.1 Å². The van der Waals surface area contributed by atoms with Crippen LogP contribution in [0.25, 0.3) is 0 Å². The SMILES string of the molecule is C[S+]([O-])N1[C@@H]2CC[C@H]1CC(CNc1ncnc(N(Cc3ccc(C(F)(F)F)cc3)C3CC3)c1F)C2. The zero-order chi connectivity index (χ0) is 24.7. The zero-order valence-electron chi connectivity index (χ0n) is 19.5. The number of anilines is 2.